The molecule has 5 heteroatoms. The first kappa shape index (κ1) is 13.8. The first-order valence-electron chi connectivity index (χ1n) is 7.35. The van der Waals surface area contributed by atoms with Gasteiger partial charge >= 0.3 is 0 Å². The SMILES string of the molecule is O=C(NC(=O)C(NC(=O)C1CC1)c1ccccc1)C1CC1. The lowest BCUT2D eigenvalue weighted by atomic mass is 10.1. The van der Waals surface area contributed by atoms with Crippen LogP contribution in [0.3, 0.4) is 0 Å². The van der Waals surface area contributed by atoms with Gasteiger partial charge in [-0.25, -0.2) is 0 Å². The van der Waals surface area contributed by atoms with E-state index in [1.54, 1.807) is 12.1 Å². The van der Waals surface area contributed by atoms with Crippen LogP contribution in [0.4, 0.5) is 0 Å². The number of benzene rings is 1. The van der Waals surface area contributed by atoms with Crippen LogP contribution in [0.5, 0.6) is 0 Å². The second kappa shape index (κ2) is 5.68. The molecule has 3 rings (SSSR count). The topological polar surface area (TPSA) is 75.3 Å². The van der Waals surface area contributed by atoms with E-state index in [1.165, 1.54) is 0 Å². The molecule has 3 amide bonds. The molecule has 0 aromatic heterocycles. The normalized spacial score (nSPS) is 18.7. The summed E-state index contributed by atoms with van der Waals surface area (Å²) in [5.41, 5.74) is 0.688. The summed E-state index contributed by atoms with van der Waals surface area (Å²) in [6.07, 6.45) is 3.42. The summed E-state index contributed by atoms with van der Waals surface area (Å²) in [5, 5.41) is 5.17. The Labute approximate surface area is 123 Å². The van der Waals surface area contributed by atoms with Crippen LogP contribution in [0.15, 0.2) is 30.3 Å². The van der Waals surface area contributed by atoms with Crippen molar-refractivity contribution < 1.29 is 14.4 Å². The molecule has 5 nitrogen and oxygen atoms in total. The van der Waals surface area contributed by atoms with Crippen LogP contribution >= 0.6 is 0 Å². The van der Waals surface area contributed by atoms with Crippen LogP contribution in [-0.2, 0) is 14.4 Å². The zero-order valence-corrected chi connectivity index (χ0v) is 11.7. The smallest absolute Gasteiger partial charge is 0.253 e. The number of rotatable bonds is 5. The summed E-state index contributed by atoms with van der Waals surface area (Å²) >= 11 is 0. The monoisotopic (exact) mass is 286 g/mol. The minimum atomic E-state index is -0.804. The van der Waals surface area contributed by atoms with Gasteiger partial charge in [-0.15, -0.1) is 0 Å². The average Bonchev–Trinajstić information content (AvgIpc) is 3.37. The second-order valence-electron chi connectivity index (χ2n) is 5.75. The molecule has 21 heavy (non-hydrogen) atoms. The summed E-state index contributed by atoms with van der Waals surface area (Å²) in [5.74, 6) is -0.820. The maximum absolute atomic E-state index is 12.3. The van der Waals surface area contributed by atoms with Crippen LogP contribution in [0.2, 0.25) is 0 Å². The molecule has 2 N–H and O–H groups in total. The van der Waals surface area contributed by atoms with Gasteiger partial charge in [0.2, 0.25) is 11.8 Å². The zero-order chi connectivity index (χ0) is 14.8. The van der Waals surface area contributed by atoms with E-state index in [9.17, 15) is 14.4 Å². The van der Waals surface area contributed by atoms with Crippen LogP contribution in [0.25, 0.3) is 0 Å². The summed E-state index contributed by atoms with van der Waals surface area (Å²) in [6, 6.07) is 8.21. The van der Waals surface area contributed by atoms with Gasteiger partial charge in [-0.3, -0.25) is 19.7 Å². The summed E-state index contributed by atoms with van der Waals surface area (Å²) in [7, 11) is 0. The Kier molecular flexibility index (Phi) is 3.73. The number of hydrogen-bond donors (Lipinski definition) is 2. The largest absolute Gasteiger partial charge is 0.340 e. The maximum atomic E-state index is 12.3. The Hall–Kier alpha value is -2.17. The van der Waals surface area contributed by atoms with Crippen molar-refractivity contribution in [3.8, 4) is 0 Å². The van der Waals surface area contributed by atoms with E-state index in [0.29, 0.717) is 5.56 Å². The molecule has 1 unspecified atom stereocenters. The van der Waals surface area contributed by atoms with Crippen molar-refractivity contribution in [3.63, 3.8) is 0 Å². The third kappa shape index (κ3) is 3.48. The highest BCUT2D eigenvalue weighted by Gasteiger charge is 2.35. The van der Waals surface area contributed by atoms with Gasteiger partial charge < -0.3 is 5.32 Å². The Morgan fingerprint density at radius 3 is 2.05 bits per heavy atom. The first-order chi connectivity index (χ1) is 10.1. The molecule has 2 aliphatic carbocycles. The predicted molar refractivity (Wildman–Crippen MR) is 75.9 cm³/mol. The molecule has 2 aliphatic rings. The summed E-state index contributed by atoms with van der Waals surface area (Å²) in [4.78, 5) is 36.0. The zero-order valence-electron chi connectivity index (χ0n) is 11.7. The fourth-order valence-electron chi connectivity index (χ4n) is 2.19. The van der Waals surface area contributed by atoms with Crippen molar-refractivity contribution in [3.05, 3.63) is 35.9 Å². The molecule has 0 heterocycles. The lowest BCUT2D eigenvalue weighted by Crippen LogP contribution is -2.43. The lowest BCUT2D eigenvalue weighted by molar-refractivity contribution is -0.135. The lowest BCUT2D eigenvalue weighted by Gasteiger charge is -2.18. The minimum Gasteiger partial charge on any atom is -0.340 e. The van der Waals surface area contributed by atoms with Gasteiger partial charge in [0, 0.05) is 11.8 Å². The predicted octanol–water partition coefficient (Wildman–Crippen LogP) is 1.31. The van der Waals surface area contributed by atoms with Gasteiger partial charge in [0.05, 0.1) is 0 Å². The van der Waals surface area contributed by atoms with Gasteiger partial charge in [-0.1, -0.05) is 30.3 Å². The van der Waals surface area contributed by atoms with E-state index in [0.717, 1.165) is 25.7 Å². The van der Waals surface area contributed by atoms with E-state index >= 15 is 0 Å². The molecule has 1 atom stereocenters. The van der Waals surface area contributed by atoms with Crippen LogP contribution in [0, 0.1) is 11.8 Å². The number of hydrogen-bond acceptors (Lipinski definition) is 3. The molecule has 0 bridgehead atoms. The van der Waals surface area contributed by atoms with Crippen molar-refractivity contribution in [2.75, 3.05) is 0 Å². The third-order valence-corrected chi connectivity index (χ3v) is 3.82. The van der Waals surface area contributed by atoms with Gasteiger partial charge in [-0.2, -0.15) is 0 Å². The van der Waals surface area contributed by atoms with E-state index in [1.807, 2.05) is 18.2 Å². The van der Waals surface area contributed by atoms with Crippen molar-refractivity contribution in [2.45, 2.75) is 31.7 Å². The molecule has 0 radical (unpaired) electrons. The molecule has 0 saturated heterocycles. The molecule has 1 aromatic carbocycles. The molecule has 0 aliphatic heterocycles. The van der Waals surface area contributed by atoms with Crippen molar-refractivity contribution >= 4 is 17.7 Å². The molecule has 1 aromatic rings. The Morgan fingerprint density at radius 2 is 1.48 bits per heavy atom. The highest BCUT2D eigenvalue weighted by Crippen LogP contribution is 2.30. The molecule has 0 spiro atoms. The Morgan fingerprint density at radius 1 is 0.905 bits per heavy atom. The highest BCUT2D eigenvalue weighted by atomic mass is 16.2. The number of carbonyl (C=O) groups excluding carboxylic acids is 3. The molecule has 2 fully saturated rings. The minimum absolute atomic E-state index is 0.0168. The van der Waals surface area contributed by atoms with Crippen molar-refractivity contribution in [1.82, 2.24) is 10.6 Å². The Bertz CT molecular complexity index is 562. The van der Waals surface area contributed by atoms with E-state index in [4.69, 9.17) is 0 Å². The van der Waals surface area contributed by atoms with E-state index in [2.05, 4.69) is 10.6 Å². The van der Waals surface area contributed by atoms with Gasteiger partial charge in [-0.05, 0) is 31.2 Å². The maximum Gasteiger partial charge on any atom is 0.253 e. The number of carbonyl (C=O) groups is 3. The average molecular weight is 286 g/mol. The van der Waals surface area contributed by atoms with Gasteiger partial charge in [0.15, 0.2) is 0 Å². The van der Waals surface area contributed by atoms with Crippen LogP contribution < -0.4 is 10.6 Å². The third-order valence-electron chi connectivity index (χ3n) is 3.82. The van der Waals surface area contributed by atoms with Gasteiger partial charge in [0.1, 0.15) is 6.04 Å². The first-order valence-corrected chi connectivity index (χ1v) is 7.35. The molecular formula is C16H18N2O3. The summed E-state index contributed by atoms with van der Waals surface area (Å²) < 4.78 is 0. The number of nitrogens with one attached hydrogen (secondary N) is 2. The quantitative estimate of drug-likeness (QED) is 0.857. The molecular weight excluding hydrogens is 268 g/mol. The Balaban J connectivity index is 1.72. The fraction of sp³-hybridized carbons (Fsp3) is 0.438. The number of imide groups is 1. The van der Waals surface area contributed by atoms with Crippen molar-refractivity contribution in [1.29, 1.82) is 0 Å². The van der Waals surface area contributed by atoms with Crippen LogP contribution in [0.1, 0.15) is 37.3 Å². The van der Waals surface area contributed by atoms with Crippen LogP contribution in [-0.4, -0.2) is 17.7 Å². The standard InChI is InChI=1S/C16H18N2O3/c19-14(11-6-7-11)17-13(10-4-2-1-3-5-10)16(21)18-15(20)12-8-9-12/h1-5,11-13H,6-9H2,(H,17,19)(H,18,20,21). The fourth-order valence-corrected chi connectivity index (χ4v) is 2.19. The highest BCUT2D eigenvalue weighted by molar-refractivity contribution is 6.01. The van der Waals surface area contributed by atoms with Gasteiger partial charge in [0.25, 0.3) is 5.91 Å². The molecule has 110 valence electrons. The summed E-state index contributed by atoms with van der Waals surface area (Å²) in [6.45, 7) is 0. The van der Waals surface area contributed by atoms with E-state index in [-0.39, 0.29) is 23.7 Å². The molecule has 2 saturated carbocycles. The number of amides is 3. The van der Waals surface area contributed by atoms with Crippen molar-refractivity contribution in [2.24, 2.45) is 11.8 Å². The van der Waals surface area contributed by atoms with E-state index < -0.39 is 11.9 Å². The second-order valence-corrected chi connectivity index (χ2v) is 5.75.